The lowest BCUT2D eigenvalue weighted by molar-refractivity contribution is -0.117. The molecule has 0 saturated heterocycles. The number of methoxy groups -OCH3 is 1. The number of nitrogens with zero attached hydrogens (tertiary/aromatic N) is 1. The summed E-state index contributed by atoms with van der Waals surface area (Å²) in [5, 5.41) is 19.5. The van der Waals surface area contributed by atoms with Crippen molar-refractivity contribution >= 4 is 15.9 Å². The highest BCUT2D eigenvalue weighted by Gasteiger charge is 2.08. The monoisotopic (exact) mass is 352 g/mol. The Hall–Kier alpha value is -2.41. The second-order valence-corrected chi connectivity index (χ2v) is 6.40. The average Bonchev–Trinajstić information content (AvgIpc) is 2.55. The van der Waals surface area contributed by atoms with E-state index in [4.69, 9.17) is 15.1 Å². The predicted molar refractivity (Wildman–Crippen MR) is 87.9 cm³/mol. The zero-order valence-corrected chi connectivity index (χ0v) is 14.1. The van der Waals surface area contributed by atoms with Crippen molar-refractivity contribution in [3.8, 4) is 6.07 Å². The van der Waals surface area contributed by atoms with Crippen molar-refractivity contribution in [1.82, 2.24) is 10.6 Å². The van der Waals surface area contributed by atoms with Crippen molar-refractivity contribution < 1.29 is 17.9 Å². The number of ether oxygens (including phenoxy) is 1. The third-order valence-corrected chi connectivity index (χ3v) is 3.91. The summed E-state index contributed by atoms with van der Waals surface area (Å²) in [6.07, 6.45) is 1.98. The minimum Gasteiger partial charge on any atom is -0.386 e. The van der Waals surface area contributed by atoms with Gasteiger partial charge in [0.2, 0.25) is 10.0 Å². The zero-order valence-electron chi connectivity index (χ0n) is 13.3. The summed E-state index contributed by atoms with van der Waals surface area (Å²) in [5.41, 5.74) is 0.727. The van der Waals surface area contributed by atoms with Crippen molar-refractivity contribution in [3.05, 3.63) is 41.6 Å². The van der Waals surface area contributed by atoms with Gasteiger partial charge in [-0.1, -0.05) is 12.1 Å². The number of rotatable bonds is 9. The third-order valence-electron chi connectivity index (χ3n) is 2.98. The van der Waals surface area contributed by atoms with E-state index in [9.17, 15) is 13.2 Å². The van der Waals surface area contributed by atoms with E-state index < -0.39 is 15.9 Å². The van der Waals surface area contributed by atoms with Gasteiger partial charge in [-0.2, -0.15) is 5.26 Å². The number of carbonyl (C=O) groups is 1. The van der Waals surface area contributed by atoms with Gasteiger partial charge in [-0.15, -0.1) is 0 Å². The standard InChI is InChI=1S/C15H20N4O4S/c1-23-8-2-7-19-15(20)13(9-16)11-18-10-12-3-5-14(6-4-12)24(17,21)22/h3-6,11,18H,2,7-8,10H2,1H3,(H,19,20)(H2,17,21,22)/b13-11-. The van der Waals surface area contributed by atoms with Gasteiger partial charge in [-0.3, -0.25) is 4.79 Å². The molecule has 8 nitrogen and oxygen atoms in total. The summed E-state index contributed by atoms with van der Waals surface area (Å²) in [7, 11) is -2.15. The largest absolute Gasteiger partial charge is 0.386 e. The number of benzene rings is 1. The molecule has 130 valence electrons. The predicted octanol–water partition coefficient (Wildman–Crippen LogP) is -0.0162. The van der Waals surface area contributed by atoms with Crippen molar-refractivity contribution in [2.75, 3.05) is 20.3 Å². The van der Waals surface area contributed by atoms with Crippen LogP contribution in [-0.2, 0) is 26.1 Å². The van der Waals surface area contributed by atoms with Crippen LogP contribution in [-0.4, -0.2) is 34.6 Å². The van der Waals surface area contributed by atoms with E-state index in [2.05, 4.69) is 10.6 Å². The summed E-state index contributed by atoms with van der Waals surface area (Å²) in [5.74, 6) is -0.467. The molecule has 9 heteroatoms. The van der Waals surface area contributed by atoms with E-state index in [-0.39, 0.29) is 10.5 Å². The van der Waals surface area contributed by atoms with Gasteiger partial charge < -0.3 is 15.4 Å². The molecule has 0 unspecified atom stereocenters. The van der Waals surface area contributed by atoms with Crippen LogP contribution in [0.5, 0.6) is 0 Å². The topological polar surface area (TPSA) is 134 Å². The molecule has 0 saturated carbocycles. The first kappa shape index (κ1) is 19.6. The number of amides is 1. The average molecular weight is 352 g/mol. The van der Waals surface area contributed by atoms with Gasteiger partial charge in [-0.25, -0.2) is 13.6 Å². The molecule has 0 heterocycles. The van der Waals surface area contributed by atoms with Gasteiger partial charge in [0.05, 0.1) is 4.90 Å². The molecule has 1 amide bonds. The molecule has 0 atom stereocenters. The zero-order chi connectivity index (χ0) is 18.0. The van der Waals surface area contributed by atoms with Gasteiger partial charge in [0.1, 0.15) is 11.6 Å². The van der Waals surface area contributed by atoms with Crippen LogP contribution in [0.4, 0.5) is 0 Å². The molecule has 0 aliphatic rings. The molecule has 0 aliphatic heterocycles. The molecule has 1 rings (SSSR count). The Morgan fingerprint density at radius 2 is 2.04 bits per heavy atom. The van der Waals surface area contributed by atoms with Gasteiger partial charge >= 0.3 is 0 Å². The molecule has 0 radical (unpaired) electrons. The van der Waals surface area contributed by atoms with Crippen LogP contribution in [0.15, 0.2) is 40.9 Å². The van der Waals surface area contributed by atoms with E-state index in [1.807, 2.05) is 6.07 Å². The van der Waals surface area contributed by atoms with Crippen LogP contribution in [0.25, 0.3) is 0 Å². The summed E-state index contributed by atoms with van der Waals surface area (Å²) in [6, 6.07) is 7.79. The number of nitrogens with two attached hydrogens (primary N) is 1. The highest BCUT2D eigenvalue weighted by Crippen LogP contribution is 2.08. The lowest BCUT2D eigenvalue weighted by Crippen LogP contribution is -2.27. The van der Waals surface area contributed by atoms with Gasteiger partial charge in [0.15, 0.2) is 0 Å². The van der Waals surface area contributed by atoms with Crippen LogP contribution in [0.3, 0.4) is 0 Å². The normalized spacial score (nSPS) is 11.6. The highest BCUT2D eigenvalue weighted by molar-refractivity contribution is 7.89. The Bertz CT molecular complexity index is 721. The lowest BCUT2D eigenvalue weighted by Gasteiger charge is -2.05. The molecule has 0 fully saturated rings. The molecule has 0 bridgehead atoms. The van der Waals surface area contributed by atoms with Crippen LogP contribution in [0.2, 0.25) is 0 Å². The fourth-order valence-corrected chi connectivity index (χ4v) is 2.25. The first-order chi connectivity index (χ1) is 11.4. The maximum atomic E-state index is 11.8. The second kappa shape index (κ2) is 9.67. The summed E-state index contributed by atoms with van der Waals surface area (Å²) >= 11 is 0. The first-order valence-corrected chi connectivity index (χ1v) is 8.65. The fourth-order valence-electron chi connectivity index (χ4n) is 1.73. The Morgan fingerprint density at radius 1 is 1.38 bits per heavy atom. The maximum absolute atomic E-state index is 11.8. The van der Waals surface area contributed by atoms with Crippen LogP contribution >= 0.6 is 0 Å². The van der Waals surface area contributed by atoms with Gasteiger partial charge in [-0.05, 0) is 24.1 Å². The molecule has 4 N–H and O–H groups in total. The molecule has 1 aromatic carbocycles. The van der Waals surface area contributed by atoms with E-state index >= 15 is 0 Å². The number of nitrogens with one attached hydrogen (secondary N) is 2. The molecular weight excluding hydrogens is 332 g/mol. The van der Waals surface area contributed by atoms with Crippen LogP contribution < -0.4 is 15.8 Å². The number of hydrogen-bond donors (Lipinski definition) is 3. The van der Waals surface area contributed by atoms with Gasteiger partial charge in [0, 0.05) is 33.0 Å². The van der Waals surface area contributed by atoms with Crippen molar-refractivity contribution in [3.63, 3.8) is 0 Å². The van der Waals surface area contributed by atoms with Crippen molar-refractivity contribution in [2.24, 2.45) is 5.14 Å². The fraction of sp³-hybridized carbons (Fsp3) is 0.333. The maximum Gasteiger partial charge on any atom is 0.263 e. The quantitative estimate of drug-likeness (QED) is 0.325. The van der Waals surface area contributed by atoms with Crippen molar-refractivity contribution in [1.29, 1.82) is 5.26 Å². The van der Waals surface area contributed by atoms with Crippen molar-refractivity contribution in [2.45, 2.75) is 17.9 Å². The minimum atomic E-state index is -3.72. The van der Waals surface area contributed by atoms with E-state index in [0.29, 0.717) is 26.1 Å². The lowest BCUT2D eigenvalue weighted by atomic mass is 10.2. The molecule has 24 heavy (non-hydrogen) atoms. The smallest absolute Gasteiger partial charge is 0.263 e. The van der Waals surface area contributed by atoms with E-state index in [0.717, 1.165) is 5.56 Å². The van der Waals surface area contributed by atoms with E-state index in [1.54, 1.807) is 19.2 Å². The molecule has 0 aliphatic carbocycles. The Morgan fingerprint density at radius 3 is 2.58 bits per heavy atom. The SMILES string of the molecule is COCCCNC(=O)/C(C#N)=C\NCc1ccc(S(N)(=O)=O)cc1. The minimum absolute atomic E-state index is 0.0231. The summed E-state index contributed by atoms with van der Waals surface area (Å²) < 4.78 is 27.2. The first-order valence-electron chi connectivity index (χ1n) is 7.11. The number of nitriles is 1. The molecule has 0 spiro atoms. The van der Waals surface area contributed by atoms with Gasteiger partial charge in [0.25, 0.3) is 5.91 Å². The Balaban J connectivity index is 2.54. The third kappa shape index (κ3) is 6.78. The number of carbonyl (C=O) groups excluding carboxylic acids is 1. The molecule has 0 aromatic heterocycles. The van der Waals surface area contributed by atoms with E-state index in [1.165, 1.54) is 18.3 Å². The summed E-state index contributed by atoms with van der Waals surface area (Å²) in [6.45, 7) is 1.27. The molecule has 1 aromatic rings. The molecular formula is C15H20N4O4S. The number of primary sulfonamides is 1. The second-order valence-electron chi connectivity index (χ2n) is 4.84. The Labute approximate surface area is 141 Å². The van der Waals surface area contributed by atoms with Crippen LogP contribution in [0, 0.1) is 11.3 Å². The van der Waals surface area contributed by atoms with Crippen LogP contribution in [0.1, 0.15) is 12.0 Å². The number of hydrogen-bond acceptors (Lipinski definition) is 6. The highest BCUT2D eigenvalue weighted by atomic mass is 32.2. The Kier molecular flexibility index (Phi) is 7.91. The summed E-state index contributed by atoms with van der Waals surface area (Å²) in [4.78, 5) is 11.8. The number of sulfonamides is 1.